The van der Waals surface area contributed by atoms with E-state index >= 15 is 0 Å². The van der Waals surface area contributed by atoms with Gasteiger partial charge >= 0.3 is 0 Å². The fourth-order valence-corrected chi connectivity index (χ4v) is 2.30. The minimum Gasteiger partial charge on any atom is -0.468 e. The molecule has 0 atom stereocenters. The maximum absolute atomic E-state index is 5.54. The summed E-state index contributed by atoms with van der Waals surface area (Å²) in [6, 6.07) is 3.83. The molecule has 16 heavy (non-hydrogen) atoms. The molecule has 2 aromatic rings. The highest BCUT2D eigenvalue weighted by atomic mass is 32.2. The fourth-order valence-electron chi connectivity index (χ4n) is 1.39. The van der Waals surface area contributed by atoms with E-state index in [-0.39, 0.29) is 0 Å². The van der Waals surface area contributed by atoms with Gasteiger partial charge in [-0.1, -0.05) is 11.8 Å². The van der Waals surface area contributed by atoms with Crippen molar-refractivity contribution in [3.05, 3.63) is 30.0 Å². The molecule has 2 aromatic heterocycles. The molecule has 0 amide bonds. The predicted octanol–water partition coefficient (Wildman–Crippen LogP) is 1.43. The Morgan fingerprint density at radius 1 is 1.50 bits per heavy atom. The van der Waals surface area contributed by atoms with Gasteiger partial charge in [-0.3, -0.25) is 0 Å². The monoisotopic (exact) mass is 238 g/mol. The van der Waals surface area contributed by atoms with E-state index in [1.54, 1.807) is 18.0 Å². The number of nitrogens with two attached hydrogens (primary N) is 1. The van der Waals surface area contributed by atoms with Crippen LogP contribution in [0, 0.1) is 6.92 Å². The molecule has 0 saturated carbocycles. The molecule has 2 rings (SSSR count). The summed E-state index contributed by atoms with van der Waals surface area (Å²) in [7, 11) is 0. The Labute approximate surface area is 98.0 Å². The normalized spacial score (nSPS) is 10.9. The maximum atomic E-state index is 5.54. The molecule has 0 unspecified atom stereocenters. The van der Waals surface area contributed by atoms with Crippen molar-refractivity contribution in [3.8, 4) is 0 Å². The van der Waals surface area contributed by atoms with Crippen LogP contribution < -0.4 is 5.73 Å². The van der Waals surface area contributed by atoms with Crippen LogP contribution in [-0.2, 0) is 12.3 Å². The van der Waals surface area contributed by atoms with Crippen molar-refractivity contribution >= 4 is 11.8 Å². The summed E-state index contributed by atoms with van der Waals surface area (Å²) in [5, 5.41) is 9.04. The van der Waals surface area contributed by atoms with E-state index in [2.05, 4.69) is 10.2 Å². The molecule has 0 bridgehead atoms. The number of aromatic nitrogens is 3. The molecule has 86 valence electrons. The highest BCUT2D eigenvalue weighted by molar-refractivity contribution is 7.98. The Bertz CT molecular complexity index is 438. The topological polar surface area (TPSA) is 69.9 Å². The first-order chi connectivity index (χ1) is 7.81. The van der Waals surface area contributed by atoms with Gasteiger partial charge in [-0.15, -0.1) is 10.2 Å². The van der Waals surface area contributed by atoms with Crippen LogP contribution in [0.15, 0.2) is 28.0 Å². The van der Waals surface area contributed by atoms with Crippen LogP contribution in [0.5, 0.6) is 0 Å². The van der Waals surface area contributed by atoms with Gasteiger partial charge in [0, 0.05) is 13.1 Å². The van der Waals surface area contributed by atoms with Gasteiger partial charge in [-0.2, -0.15) is 0 Å². The van der Waals surface area contributed by atoms with E-state index in [9.17, 15) is 0 Å². The third-order valence-corrected chi connectivity index (χ3v) is 3.17. The number of hydrogen-bond acceptors (Lipinski definition) is 5. The second-order valence-corrected chi connectivity index (χ2v) is 4.28. The molecular weight excluding hydrogens is 224 g/mol. The minimum absolute atomic E-state index is 0.590. The summed E-state index contributed by atoms with van der Waals surface area (Å²) in [6.07, 6.45) is 1.67. The summed E-state index contributed by atoms with van der Waals surface area (Å²) in [4.78, 5) is 0. The molecule has 0 radical (unpaired) electrons. The summed E-state index contributed by atoms with van der Waals surface area (Å²) in [5.41, 5.74) is 5.54. The highest BCUT2D eigenvalue weighted by Gasteiger charge is 2.09. The molecule has 0 aromatic carbocycles. The van der Waals surface area contributed by atoms with Crippen molar-refractivity contribution in [2.45, 2.75) is 24.4 Å². The van der Waals surface area contributed by atoms with Crippen LogP contribution in [0.3, 0.4) is 0 Å². The van der Waals surface area contributed by atoms with Crippen molar-refractivity contribution in [1.29, 1.82) is 0 Å². The first-order valence-corrected chi connectivity index (χ1v) is 6.05. The quantitative estimate of drug-likeness (QED) is 0.798. The molecule has 0 aliphatic heterocycles. The number of aryl methyl sites for hydroxylation is 1. The van der Waals surface area contributed by atoms with E-state index in [1.807, 2.05) is 23.6 Å². The molecule has 5 nitrogen and oxygen atoms in total. The average molecular weight is 238 g/mol. The molecule has 2 N–H and O–H groups in total. The van der Waals surface area contributed by atoms with Crippen molar-refractivity contribution in [2.24, 2.45) is 5.73 Å². The summed E-state index contributed by atoms with van der Waals surface area (Å²) in [6.45, 7) is 3.27. The number of nitrogens with zero attached hydrogens (tertiary/aromatic N) is 3. The standard InChI is InChI=1S/C10H14N4OS/c1-8-12-13-10(14(8)5-4-11)16-7-9-3-2-6-15-9/h2-3,6H,4-5,7,11H2,1H3. The molecule has 0 fully saturated rings. The lowest BCUT2D eigenvalue weighted by Crippen LogP contribution is -2.12. The lowest BCUT2D eigenvalue weighted by atomic mass is 10.5. The smallest absolute Gasteiger partial charge is 0.191 e. The van der Waals surface area contributed by atoms with E-state index in [0.717, 1.165) is 29.0 Å². The Kier molecular flexibility index (Phi) is 3.63. The summed E-state index contributed by atoms with van der Waals surface area (Å²) < 4.78 is 7.28. The lowest BCUT2D eigenvalue weighted by Gasteiger charge is -2.05. The fraction of sp³-hybridized carbons (Fsp3) is 0.400. The van der Waals surface area contributed by atoms with Gasteiger partial charge in [-0.05, 0) is 19.1 Å². The number of hydrogen-bond donors (Lipinski definition) is 1. The lowest BCUT2D eigenvalue weighted by molar-refractivity contribution is 0.529. The molecule has 0 spiro atoms. The summed E-state index contributed by atoms with van der Waals surface area (Å²) >= 11 is 1.61. The molecule has 0 aliphatic carbocycles. The first-order valence-electron chi connectivity index (χ1n) is 5.06. The van der Waals surface area contributed by atoms with Crippen LogP contribution in [0.1, 0.15) is 11.6 Å². The van der Waals surface area contributed by atoms with Crippen molar-refractivity contribution < 1.29 is 4.42 Å². The zero-order chi connectivity index (χ0) is 11.4. The van der Waals surface area contributed by atoms with Gasteiger partial charge in [0.1, 0.15) is 11.6 Å². The Balaban J connectivity index is 2.03. The van der Waals surface area contributed by atoms with Gasteiger partial charge in [0.05, 0.1) is 12.0 Å². The van der Waals surface area contributed by atoms with Gasteiger partial charge in [0.15, 0.2) is 5.16 Å². The third kappa shape index (κ3) is 2.45. The Morgan fingerprint density at radius 3 is 3.06 bits per heavy atom. The predicted molar refractivity (Wildman–Crippen MR) is 62.1 cm³/mol. The summed E-state index contributed by atoms with van der Waals surface area (Å²) in [5.74, 6) is 2.59. The zero-order valence-corrected chi connectivity index (χ0v) is 9.91. The van der Waals surface area contributed by atoms with Gasteiger partial charge in [0.25, 0.3) is 0 Å². The molecule has 0 saturated heterocycles. The SMILES string of the molecule is Cc1nnc(SCc2ccco2)n1CCN. The van der Waals surface area contributed by atoms with Gasteiger partial charge < -0.3 is 14.7 Å². The van der Waals surface area contributed by atoms with Crippen molar-refractivity contribution in [2.75, 3.05) is 6.54 Å². The number of furan rings is 1. The second-order valence-electron chi connectivity index (χ2n) is 3.34. The second kappa shape index (κ2) is 5.18. The largest absolute Gasteiger partial charge is 0.468 e. The molecular formula is C10H14N4OS. The van der Waals surface area contributed by atoms with E-state index in [4.69, 9.17) is 10.2 Å². The Hall–Kier alpha value is -1.27. The number of rotatable bonds is 5. The van der Waals surface area contributed by atoms with E-state index in [0.29, 0.717) is 6.54 Å². The van der Waals surface area contributed by atoms with Crippen LogP contribution in [0.2, 0.25) is 0 Å². The highest BCUT2D eigenvalue weighted by Crippen LogP contribution is 2.21. The third-order valence-electron chi connectivity index (χ3n) is 2.18. The van der Waals surface area contributed by atoms with Crippen LogP contribution in [0.4, 0.5) is 0 Å². The average Bonchev–Trinajstić information content (AvgIpc) is 2.89. The minimum atomic E-state index is 0.590. The molecule has 0 aliphatic rings. The maximum Gasteiger partial charge on any atom is 0.191 e. The van der Waals surface area contributed by atoms with Gasteiger partial charge in [-0.25, -0.2) is 0 Å². The zero-order valence-electron chi connectivity index (χ0n) is 9.09. The van der Waals surface area contributed by atoms with Crippen LogP contribution in [0.25, 0.3) is 0 Å². The van der Waals surface area contributed by atoms with E-state index < -0.39 is 0 Å². The first kappa shape index (κ1) is 11.2. The van der Waals surface area contributed by atoms with Crippen molar-refractivity contribution in [1.82, 2.24) is 14.8 Å². The molecule has 2 heterocycles. The van der Waals surface area contributed by atoms with Crippen LogP contribution in [-0.4, -0.2) is 21.3 Å². The van der Waals surface area contributed by atoms with Crippen molar-refractivity contribution in [3.63, 3.8) is 0 Å². The van der Waals surface area contributed by atoms with E-state index in [1.165, 1.54) is 0 Å². The number of thioether (sulfide) groups is 1. The van der Waals surface area contributed by atoms with Gasteiger partial charge in [0.2, 0.25) is 0 Å². The Morgan fingerprint density at radius 2 is 2.38 bits per heavy atom. The van der Waals surface area contributed by atoms with Crippen LogP contribution >= 0.6 is 11.8 Å². The molecule has 6 heteroatoms.